The van der Waals surface area contributed by atoms with E-state index in [2.05, 4.69) is 10.4 Å². The number of fused-ring (bicyclic) bond motifs is 1. The van der Waals surface area contributed by atoms with Crippen LogP contribution < -0.4 is 5.32 Å². The lowest BCUT2D eigenvalue weighted by Gasteiger charge is -2.18. The van der Waals surface area contributed by atoms with Crippen LogP contribution in [0, 0.1) is 12.7 Å². The van der Waals surface area contributed by atoms with Crippen LogP contribution in [0.1, 0.15) is 29.0 Å². The van der Waals surface area contributed by atoms with E-state index in [1.165, 1.54) is 17.8 Å². The molecule has 2 heterocycles. The zero-order chi connectivity index (χ0) is 18.3. The maximum absolute atomic E-state index is 14.5. The molecule has 0 fully saturated rings. The molecule has 2 aromatic carbocycles. The number of thioether (sulfide) groups is 1. The van der Waals surface area contributed by atoms with Crippen molar-refractivity contribution in [2.75, 3.05) is 5.32 Å². The molecule has 1 N–H and O–H groups in total. The van der Waals surface area contributed by atoms with Crippen LogP contribution in [0.3, 0.4) is 0 Å². The second-order valence-corrected chi connectivity index (χ2v) is 7.71. The molecule has 4 nitrogen and oxygen atoms in total. The van der Waals surface area contributed by atoms with Crippen molar-refractivity contribution in [1.29, 1.82) is 0 Å². The molecule has 1 aliphatic rings. The molecule has 0 bridgehead atoms. The SMILES string of the molecule is Cc1nn(-c2ccccc2)c2c1C(c1ccccc1F)SC(C)C(=O)N2. The summed E-state index contributed by atoms with van der Waals surface area (Å²) in [6.45, 7) is 3.74. The van der Waals surface area contributed by atoms with Crippen LogP contribution in [0.4, 0.5) is 10.2 Å². The summed E-state index contributed by atoms with van der Waals surface area (Å²) < 4.78 is 16.3. The van der Waals surface area contributed by atoms with E-state index in [9.17, 15) is 9.18 Å². The molecule has 132 valence electrons. The highest BCUT2D eigenvalue weighted by Gasteiger charge is 2.35. The summed E-state index contributed by atoms with van der Waals surface area (Å²) in [5.41, 5.74) is 3.04. The van der Waals surface area contributed by atoms with Crippen LogP contribution in [0.5, 0.6) is 0 Å². The van der Waals surface area contributed by atoms with Crippen LogP contribution in [-0.2, 0) is 4.79 Å². The van der Waals surface area contributed by atoms with Gasteiger partial charge in [0.15, 0.2) is 0 Å². The third-order valence-electron chi connectivity index (χ3n) is 4.51. The van der Waals surface area contributed by atoms with Crippen molar-refractivity contribution in [3.63, 3.8) is 0 Å². The smallest absolute Gasteiger partial charge is 0.238 e. The van der Waals surface area contributed by atoms with Crippen LogP contribution in [0.15, 0.2) is 54.6 Å². The number of halogens is 1. The topological polar surface area (TPSA) is 46.9 Å². The first-order valence-corrected chi connectivity index (χ1v) is 9.36. The monoisotopic (exact) mass is 367 g/mol. The molecule has 2 atom stereocenters. The van der Waals surface area contributed by atoms with Gasteiger partial charge in [-0.25, -0.2) is 9.07 Å². The number of carbonyl (C=O) groups excluding carboxylic acids is 1. The average Bonchev–Trinajstić information content (AvgIpc) is 2.89. The largest absolute Gasteiger partial charge is 0.309 e. The lowest BCUT2D eigenvalue weighted by molar-refractivity contribution is -0.115. The maximum Gasteiger partial charge on any atom is 0.238 e. The minimum absolute atomic E-state index is 0.104. The van der Waals surface area contributed by atoms with E-state index < -0.39 is 0 Å². The molecule has 26 heavy (non-hydrogen) atoms. The molecule has 0 radical (unpaired) electrons. The zero-order valence-electron chi connectivity index (χ0n) is 14.4. The molecule has 2 unspecified atom stereocenters. The standard InChI is InChI=1S/C20H18FN3OS/c1-12-17-18(15-10-6-7-11-16(15)21)26-13(2)20(25)22-19(17)24(23-12)14-8-4-3-5-9-14/h3-11,13,18H,1-2H3,(H,22,25). The number of anilines is 1. The number of hydrogen-bond acceptors (Lipinski definition) is 3. The van der Waals surface area contributed by atoms with Gasteiger partial charge in [-0.05, 0) is 32.0 Å². The van der Waals surface area contributed by atoms with Crippen molar-refractivity contribution in [2.24, 2.45) is 0 Å². The van der Waals surface area contributed by atoms with E-state index in [0.717, 1.165) is 16.9 Å². The Kier molecular flexibility index (Phi) is 4.28. The van der Waals surface area contributed by atoms with E-state index in [0.29, 0.717) is 11.4 Å². The molecule has 0 saturated carbocycles. The minimum atomic E-state index is -0.310. The van der Waals surface area contributed by atoms with Gasteiger partial charge >= 0.3 is 0 Å². The molecule has 6 heteroatoms. The first-order chi connectivity index (χ1) is 12.6. The third-order valence-corrected chi connectivity index (χ3v) is 5.89. The van der Waals surface area contributed by atoms with Gasteiger partial charge in [-0.15, -0.1) is 11.8 Å². The van der Waals surface area contributed by atoms with Gasteiger partial charge in [-0.1, -0.05) is 36.4 Å². The summed E-state index contributed by atoms with van der Waals surface area (Å²) in [5.74, 6) is 0.236. The van der Waals surface area contributed by atoms with Crippen LogP contribution in [-0.4, -0.2) is 20.9 Å². The summed E-state index contributed by atoms with van der Waals surface area (Å²) in [5, 5.41) is 7.02. The van der Waals surface area contributed by atoms with Gasteiger partial charge < -0.3 is 5.32 Å². The van der Waals surface area contributed by atoms with Gasteiger partial charge in [-0.3, -0.25) is 4.79 Å². The molecule has 0 spiro atoms. The number of nitrogens with one attached hydrogen (secondary N) is 1. The fourth-order valence-corrected chi connectivity index (χ4v) is 4.55. The molecule has 1 aliphatic heterocycles. The number of aromatic nitrogens is 2. The number of hydrogen-bond donors (Lipinski definition) is 1. The number of benzene rings is 2. The van der Waals surface area contributed by atoms with E-state index in [-0.39, 0.29) is 22.2 Å². The van der Waals surface area contributed by atoms with E-state index in [1.807, 2.05) is 50.2 Å². The lowest BCUT2D eigenvalue weighted by Crippen LogP contribution is -2.22. The summed E-state index contributed by atoms with van der Waals surface area (Å²) >= 11 is 1.44. The highest BCUT2D eigenvalue weighted by atomic mass is 32.2. The third kappa shape index (κ3) is 2.80. The minimum Gasteiger partial charge on any atom is -0.309 e. The first-order valence-electron chi connectivity index (χ1n) is 8.42. The summed E-state index contributed by atoms with van der Waals surface area (Å²) in [6.07, 6.45) is 0. The van der Waals surface area contributed by atoms with Gasteiger partial charge in [-0.2, -0.15) is 5.10 Å². The Morgan fingerprint density at radius 1 is 1.12 bits per heavy atom. The molecular weight excluding hydrogens is 349 g/mol. The van der Waals surface area contributed by atoms with Crippen molar-refractivity contribution in [3.8, 4) is 5.69 Å². The Labute approximate surface area is 155 Å². The number of aryl methyl sites for hydroxylation is 1. The van der Waals surface area contributed by atoms with Crippen molar-refractivity contribution in [3.05, 3.63) is 77.2 Å². The average molecular weight is 367 g/mol. The van der Waals surface area contributed by atoms with Gasteiger partial charge in [0.2, 0.25) is 5.91 Å². The predicted octanol–water partition coefficient (Wildman–Crippen LogP) is 4.48. The summed E-state index contributed by atoms with van der Waals surface area (Å²) in [4.78, 5) is 12.6. The Morgan fingerprint density at radius 2 is 1.81 bits per heavy atom. The molecule has 4 rings (SSSR count). The quantitative estimate of drug-likeness (QED) is 0.726. The second-order valence-electron chi connectivity index (χ2n) is 6.26. The van der Waals surface area contributed by atoms with Crippen molar-refractivity contribution < 1.29 is 9.18 Å². The van der Waals surface area contributed by atoms with Crippen molar-refractivity contribution >= 4 is 23.5 Å². The number of para-hydroxylation sites is 1. The number of amides is 1. The van der Waals surface area contributed by atoms with E-state index in [1.54, 1.807) is 16.8 Å². The lowest BCUT2D eigenvalue weighted by atomic mass is 10.0. The Balaban J connectivity index is 1.94. The maximum atomic E-state index is 14.5. The number of rotatable bonds is 2. The van der Waals surface area contributed by atoms with Crippen LogP contribution in [0.2, 0.25) is 0 Å². The van der Waals surface area contributed by atoms with Gasteiger partial charge in [0, 0.05) is 11.1 Å². The molecule has 1 aromatic heterocycles. The van der Waals surface area contributed by atoms with Crippen molar-refractivity contribution in [2.45, 2.75) is 24.3 Å². The Bertz CT molecular complexity index is 970. The fourth-order valence-electron chi connectivity index (χ4n) is 3.20. The normalized spacial score (nSPS) is 19.6. The Hall–Kier alpha value is -2.60. The first kappa shape index (κ1) is 16.8. The van der Waals surface area contributed by atoms with Gasteiger partial charge in [0.25, 0.3) is 0 Å². The fraction of sp³-hybridized carbons (Fsp3) is 0.200. The van der Waals surface area contributed by atoms with E-state index in [4.69, 9.17) is 0 Å². The highest BCUT2D eigenvalue weighted by Crippen LogP contribution is 2.46. The summed E-state index contributed by atoms with van der Waals surface area (Å²) in [7, 11) is 0. The second kappa shape index (κ2) is 6.61. The molecule has 3 aromatic rings. The van der Waals surface area contributed by atoms with Crippen molar-refractivity contribution in [1.82, 2.24) is 9.78 Å². The molecule has 1 amide bonds. The number of nitrogens with zero attached hydrogens (tertiary/aromatic N) is 2. The zero-order valence-corrected chi connectivity index (χ0v) is 15.3. The molecule has 0 aliphatic carbocycles. The molecule has 0 saturated heterocycles. The van der Waals surface area contributed by atoms with Gasteiger partial charge in [0.05, 0.1) is 21.9 Å². The molecular formula is C20H18FN3OS. The van der Waals surface area contributed by atoms with Crippen LogP contribution >= 0.6 is 11.8 Å². The highest BCUT2D eigenvalue weighted by molar-refractivity contribution is 8.01. The predicted molar refractivity (Wildman–Crippen MR) is 102 cm³/mol. The Morgan fingerprint density at radius 3 is 2.54 bits per heavy atom. The van der Waals surface area contributed by atoms with Crippen LogP contribution in [0.25, 0.3) is 5.69 Å². The summed E-state index contributed by atoms with van der Waals surface area (Å²) in [6, 6.07) is 16.4. The number of carbonyl (C=O) groups is 1. The van der Waals surface area contributed by atoms with E-state index >= 15 is 0 Å². The van der Waals surface area contributed by atoms with Gasteiger partial charge in [0.1, 0.15) is 11.6 Å².